The molecular weight excluding hydrogens is 208 g/mol. The molecule has 17 heavy (non-hydrogen) atoms. The number of piperidine rings is 1. The Morgan fingerprint density at radius 1 is 1.35 bits per heavy atom. The summed E-state index contributed by atoms with van der Waals surface area (Å²) >= 11 is 0. The largest absolute Gasteiger partial charge is 0.305 e. The van der Waals surface area contributed by atoms with Crippen LogP contribution in [0.25, 0.3) is 0 Å². The second-order valence-corrected chi connectivity index (χ2v) is 6.19. The number of aliphatic imine (C=N–C) groups is 1. The Balaban J connectivity index is 1.73. The standard InChI is InChI=1S/C15H20N2/c1-17-9-11-8-15(11,10-17)13-5-2-6-14-12(13)4-3-7-16-14/h5,7,11H,2-4,6,8-10H2,1H3. The summed E-state index contributed by atoms with van der Waals surface area (Å²) < 4.78 is 0. The molecule has 0 aromatic heterocycles. The van der Waals surface area contributed by atoms with Crippen molar-refractivity contribution >= 4 is 6.21 Å². The van der Waals surface area contributed by atoms with Gasteiger partial charge in [-0.25, -0.2) is 0 Å². The molecule has 1 saturated heterocycles. The van der Waals surface area contributed by atoms with Crippen molar-refractivity contribution < 1.29 is 0 Å². The molecule has 2 nitrogen and oxygen atoms in total. The first kappa shape index (κ1) is 10.1. The lowest BCUT2D eigenvalue weighted by Crippen LogP contribution is -2.23. The molecule has 1 saturated carbocycles. The van der Waals surface area contributed by atoms with Crippen molar-refractivity contribution in [1.29, 1.82) is 0 Å². The van der Waals surface area contributed by atoms with E-state index in [1.54, 1.807) is 11.1 Å². The number of hydrogen-bond acceptors (Lipinski definition) is 2. The van der Waals surface area contributed by atoms with Gasteiger partial charge in [0.2, 0.25) is 0 Å². The Hall–Kier alpha value is -0.890. The fraction of sp³-hybridized carbons (Fsp3) is 0.667. The predicted molar refractivity (Wildman–Crippen MR) is 70.1 cm³/mol. The van der Waals surface area contributed by atoms with Gasteiger partial charge in [0.05, 0.1) is 0 Å². The second kappa shape index (κ2) is 3.32. The van der Waals surface area contributed by atoms with Gasteiger partial charge in [0.15, 0.2) is 0 Å². The topological polar surface area (TPSA) is 15.6 Å². The summed E-state index contributed by atoms with van der Waals surface area (Å²) in [5.74, 6) is 0.941. The highest BCUT2D eigenvalue weighted by molar-refractivity contribution is 5.64. The molecule has 2 atom stereocenters. The van der Waals surface area contributed by atoms with Crippen LogP contribution in [-0.2, 0) is 0 Å². The van der Waals surface area contributed by atoms with Crippen LogP contribution in [-0.4, -0.2) is 31.3 Å². The van der Waals surface area contributed by atoms with Gasteiger partial charge >= 0.3 is 0 Å². The molecular formula is C15H20N2. The maximum absolute atomic E-state index is 4.64. The van der Waals surface area contributed by atoms with Gasteiger partial charge in [-0.05, 0) is 56.2 Å². The van der Waals surface area contributed by atoms with Crippen molar-refractivity contribution in [3.05, 3.63) is 22.9 Å². The van der Waals surface area contributed by atoms with Crippen molar-refractivity contribution in [2.45, 2.75) is 32.1 Å². The molecule has 0 radical (unpaired) electrons. The third-order valence-corrected chi connectivity index (χ3v) is 5.03. The van der Waals surface area contributed by atoms with Crippen LogP contribution in [0.3, 0.4) is 0 Å². The Morgan fingerprint density at radius 3 is 3.12 bits per heavy atom. The monoisotopic (exact) mass is 228 g/mol. The molecule has 0 aromatic rings. The minimum Gasteiger partial charge on any atom is -0.305 e. The Kier molecular flexibility index (Phi) is 1.97. The molecule has 2 aliphatic carbocycles. The molecule has 2 unspecified atom stereocenters. The van der Waals surface area contributed by atoms with Crippen LogP contribution in [0.4, 0.5) is 0 Å². The molecule has 90 valence electrons. The molecule has 0 amide bonds. The van der Waals surface area contributed by atoms with Crippen LogP contribution in [0, 0.1) is 11.3 Å². The highest BCUT2D eigenvalue weighted by Gasteiger charge is 2.61. The minimum atomic E-state index is 0.544. The lowest BCUT2D eigenvalue weighted by molar-refractivity contribution is 0.352. The predicted octanol–water partition coefficient (Wildman–Crippen LogP) is 2.78. The average molecular weight is 228 g/mol. The third-order valence-electron chi connectivity index (χ3n) is 5.03. The van der Waals surface area contributed by atoms with E-state index in [1.807, 2.05) is 0 Å². The van der Waals surface area contributed by atoms with Gasteiger partial charge in [0, 0.05) is 30.4 Å². The first-order chi connectivity index (χ1) is 8.29. The maximum atomic E-state index is 4.64. The van der Waals surface area contributed by atoms with Crippen molar-refractivity contribution in [2.75, 3.05) is 20.1 Å². The normalized spacial score (nSPS) is 40.1. The Bertz CT molecular complexity index is 458. The van der Waals surface area contributed by atoms with Gasteiger partial charge < -0.3 is 4.90 Å². The van der Waals surface area contributed by atoms with E-state index in [4.69, 9.17) is 0 Å². The summed E-state index contributed by atoms with van der Waals surface area (Å²) in [7, 11) is 2.27. The Morgan fingerprint density at radius 2 is 2.29 bits per heavy atom. The zero-order valence-corrected chi connectivity index (χ0v) is 10.6. The van der Waals surface area contributed by atoms with E-state index in [1.165, 1.54) is 44.5 Å². The summed E-state index contributed by atoms with van der Waals surface area (Å²) in [5.41, 5.74) is 5.27. The fourth-order valence-electron chi connectivity index (χ4n) is 4.24. The first-order valence-electron chi connectivity index (χ1n) is 6.94. The van der Waals surface area contributed by atoms with E-state index < -0.39 is 0 Å². The summed E-state index contributed by atoms with van der Waals surface area (Å²) in [6, 6.07) is 0. The minimum absolute atomic E-state index is 0.544. The lowest BCUT2D eigenvalue weighted by Gasteiger charge is -2.28. The molecule has 0 bridgehead atoms. The van der Waals surface area contributed by atoms with Gasteiger partial charge in [-0.1, -0.05) is 6.08 Å². The van der Waals surface area contributed by atoms with Gasteiger partial charge in [0.25, 0.3) is 0 Å². The van der Waals surface area contributed by atoms with Crippen LogP contribution < -0.4 is 0 Å². The van der Waals surface area contributed by atoms with Crippen LogP contribution in [0.5, 0.6) is 0 Å². The Labute approximate surface area is 103 Å². The van der Waals surface area contributed by atoms with Crippen LogP contribution in [0.1, 0.15) is 32.1 Å². The van der Waals surface area contributed by atoms with E-state index in [-0.39, 0.29) is 0 Å². The number of nitrogens with zero attached hydrogens (tertiary/aromatic N) is 2. The first-order valence-corrected chi connectivity index (χ1v) is 6.94. The van der Waals surface area contributed by atoms with Gasteiger partial charge in [-0.3, -0.25) is 4.99 Å². The number of fused-ring (bicyclic) bond motifs is 1. The highest BCUT2D eigenvalue weighted by Crippen LogP contribution is 2.64. The fourth-order valence-corrected chi connectivity index (χ4v) is 4.24. The number of allylic oxidation sites excluding steroid dienone is 3. The van der Waals surface area contributed by atoms with Crippen molar-refractivity contribution in [1.82, 2.24) is 4.90 Å². The SMILES string of the molecule is CN1CC2CC2(C2=CCCC3=C2CCC=N3)C1. The molecule has 4 rings (SSSR count). The molecule has 0 N–H and O–H groups in total. The van der Waals surface area contributed by atoms with E-state index in [0.717, 1.165) is 12.3 Å². The van der Waals surface area contributed by atoms with Crippen LogP contribution in [0.15, 0.2) is 27.9 Å². The molecule has 0 spiro atoms. The van der Waals surface area contributed by atoms with Crippen molar-refractivity contribution in [3.63, 3.8) is 0 Å². The zero-order chi connectivity index (χ0) is 11.5. The molecule has 2 heterocycles. The van der Waals surface area contributed by atoms with Crippen molar-refractivity contribution in [2.24, 2.45) is 16.3 Å². The third kappa shape index (κ3) is 1.33. The van der Waals surface area contributed by atoms with Crippen LogP contribution in [0.2, 0.25) is 0 Å². The van der Waals surface area contributed by atoms with E-state index in [0.29, 0.717) is 5.41 Å². The van der Waals surface area contributed by atoms with E-state index in [9.17, 15) is 0 Å². The van der Waals surface area contributed by atoms with Gasteiger partial charge in [-0.2, -0.15) is 0 Å². The van der Waals surface area contributed by atoms with E-state index >= 15 is 0 Å². The van der Waals surface area contributed by atoms with Gasteiger partial charge in [-0.15, -0.1) is 0 Å². The number of hydrogen-bond donors (Lipinski definition) is 0. The quantitative estimate of drug-likeness (QED) is 0.674. The summed E-state index contributed by atoms with van der Waals surface area (Å²) in [5, 5.41) is 0. The number of rotatable bonds is 1. The van der Waals surface area contributed by atoms with Crippen LogP contribution >= 0.6 is 0 Å². The summed E-state index contributed by atoms with van der Waals surface area (Å²) in [4.78, 5) is 7.15. The second-order valence-electron chi connectivity index (χ2n) is 6.19. The van der Waals surface area contributed by atoms with Gasteiger partial charge in [0.1, 0.15) is 0 Å². The molecule has 2 heteroatoms. The summed E-state index contributed by atoms with van der Waals surface area (Å²) in [6.45, 7) is 2.59. The molecule has 0 aromatic carbocycles. The average Bonchev–Trinajstić information content (AvgIpc) is 2.92. The maximum Gasteiger partial charge on any atom is 0.0437 e. The van der Waals surface area contributed by atoms with Crippen molar-refractivity contribution in [3.8, 4) is 0 Å². The smallest absolute Gasteiger partial charge is 0.0437 e. The molecule has 2 aliphatic heterocycles. The number of likely N-dealkylation sites (tertiary alicyclic amines) is 1. The highest BCUT2D eigenvalue weighted by atomic mass is 15.2. The lowest BCUT2D eigenvalue weighted by atomic mass is 9.80. The van der Waals surface area contributed by atoms with E-state index in [2.05, 4.69) is 29.2 Å². The molecule has 2 fully saturated rings. The zero-order valence-electron chi connectivity index (χ0n) is 10.6. The summed E-state index contributed by atoms with van der Waals surface area (Å²) in [6.07, 6.45) is 10.9. The molecule has 4 aliphatic rings.